The Morgan fingerprint density at radius 3 is 2.63 bits per heavy atom. The summed E-state index contributed by atoms with van der Waals surface area (Å²) in [4.78, 5) is 13.7. The number of nitrogens with zero attached hydrogens (tertiary/aromatic N) is 2. The summed E-state index contributed by atoms with van der Waals surface area (Å²) in [7, 11) is 0. The molecule has 0 unspecified atom stereocenters. The van der Waals surface area contributed by atoms with Gasteiger partial charge in [-0.15, -0.1) is 0 Å². The van der Waals surface area contributed by atoms with Crippen molar-refractivity contribution in [3.63, 3.8) is 0 Å². The Morgan fingerprint density at radius 2 is 2.00 bits per heavy atom. The van der Waals surface area contributed by atoms with E-state index in [4.69, 9.17) is 11.6 Å². The fraction of sp³-hybridized carbons (Fsp3) is 0. The molecule has 98 valence electrons. The molecular weight excluding hydrogens is 280 g/mol. The summed E-state index contributed by atoms with van der Waals surface area (Å²) in [5.74, 6) is -1.58. The zero-order chi connectivity index (χ0) is 14.0. The summed E-state index contributed by atoms with van der Waals surface area (Å²) in [5.41, 5.74) is -0.351. The summed E-state index contributed by atoms with van der Waals surface area (Å²) in [6.45, 7) is 0. The molecule has 1 aromatic heterocycles. The Hall–Kier alpha value is -2.28. The van der Waals surface area contributed by atoms with Gasteiger partial charge in [0.2, 0.25) is 0 Å². The van der Waals surface area contributed by atoms with E-state index >= 15 is 0 Å². The van der Waals surface area contributed by atoms with Crippen LogP contribution in [-0.2, 0) is 0 Å². The zero-order valence-electron chi connectivity index (χ0n) is 9.23. The van der Waals surface area contributed by atoms with Crippen molar-refractivity contribution in [2.75, 3.05) is 5.32 Å². The standard InChI is InChI=1S/C11H6ClF2N3O2/c12-10-4-7(17(18)19)5-11(16-10)15-9-2-1-6(13)3-8(9)14/h1-5H,(H,15,16). The molecule has 0 saturated heterocycles. The Bertz CT molecular complexity index is 652. The van der Waals surface area contributed by atoms with E-state index < -0.39 is 16.6 Å². The largest absolute Gasteiger partial charge is 0.338 e. The summed E-state index contributed by atoms with van der Waals surface area (Å²) >= 11 is 5.62. The van der Waals surface area contributed by atoms with Crippen molar-refractivity contribution < 1.29 is 13.7 Å². The third-order valence-electron chi connectivity index (χ3n) is 2.18. The molecule has 0 bridgehead atoms. The first-order chi connectivity index (χ1) is 8.95. The first-order valence-corrected chi connectivity index (χ1v) is 5.37. The maximum atomic E-state index is 13.4. The van der Waals surface area contributed by atoms with Crippen LogP contribution in [0.1, 0.15) is 0 Å². The fourth-order valence-corrected chi connectivity index (χ4v) is 1.58. The van der Waals surface area contributed by atoms with Crippen LogP contribution in [0.3, 0.4) is 0 Å². The molecule has 19 heavy (non-hydrogen) atoms. The van der Waals surface area contributed by atoms with E-state index in [0.29, 0.717) is 6.07 Å². The van der Waals surface area contributed by atoms with E-state index in [1.54, 1.807) is 0 Å². The fourth-order valence-electron chi connectivity index (χ4n) is 1.38. The van der Waals surface area contributed by atoms with Gasteiger partial charge in [-0.25, -0.2) is 13.8 Å². The molecule has 0 saturated carbocycles. The number of aromatic nitrogens is 1. The van der Waals surface area contributed by atoms with Crippen molar-refractivity contribution in [1.29, 1.82) is 0 Å². The Balaban J connectivity index is 2.35. The van der Waals surface area contributed by atoms with Gasteiger partial charge in [-0.05, 0) is 12.1 Å². The van der Waals surface area contributed by atoms with Gasteiger partial charge in [0.15, 0.2) is 0 Å². The highest BCUT2D eigenvalue weighted by atomic mass is 35.5. The molecule has 1 N–H and O–H groups in total. The molecule has 1 aromatic carbocycles. The van der Waals surface area contributed by atoms with Gasteiger partial charge >= 0.3 is 0 Å². The summed E-state index contributed by atoms with van der Waals surface area (Å²) in [5, 5.41) is 13.0. The Kier molecular flexibility index (Phi) is 3.57. The predicted octanol–water partition coefficient (Wildman–Crippen LogP) is 3.67. The first kappa shape index (κ1) is 13.2. The minimum atomic E-state index is -0.843. The van der Waals surface area contributed by atoms with E-state index in [-0.39, 0.29) is 22.3 Å². The topological polar surface area (TPSA) is 68.1 Å². The zero-order valence-corrected chi connectivity index (χ0v) is 9.99. The molecule has 0 amide bonds. The Labute approximate surface area is 111 Å². The SMILES string of the molecule is O=[N+]([O-])c1cc(Cl)nc(Nc2ccc(F)cc2F)c1. The maximum absolute atomic E-state index is 13.4. The second-order valence-corrected chi connectivity index (χ2v) is 3.93. The molecule has 0 radical (unpaired) electrons. The molecule has 0 fully saturated rings. The van der Waals surface area contributed by atoms with E-state index in [0.717, 1.165) is 24.3 Å². The molecule has 1 heterocycles. The van der Waals surface area contributed by atoms with Crippen LogP contribution in [0, 0.1) is 21.7 Å². The lowest BCUT2D eigenvalue weighted by Gasteiger charge is -2.07. The molecule has 2 rings (SSSR count). The molecule has 5 nitrogen and oxygen atoms in total. The molecule has 0 spiro atoms. The third-order valence-corrected chi connectivity index (χ3v) is 2.38. The smallest absolute Gasteiger partial charge is 0.276 e. The number of pyridine rings is 1. The van der Waals surface area contributed by atoms with Gasteiger partial charge in [0.25, 0.3) is 5.69 Å². The van der Waals surface area contributed by atoms with Crippen molar-refractivity contribution in [3.8, 4) is 0 Å². The summed E-state index contributed by atoms with van der Waals surface area (Å²) < 4.78 is 26.1. The molecule has 0 aliphatic heterocycles. The number of rotatable bonds is 3. The minimum absolute atomic E-state index is 0.00953. The Morgan fingerprint density at radius 1 is 1.26 bits per heavy atom. The summed E-state index contributed by atoms with van der Waals surface area (Å²) in [6, 6.07) is 5.03. The average molecular weight is 286 g/mol. The highest BCUT2D eigenvalue weighted by Crippen LogP contribution is 2.24. The third kappa shape index (κ3) is 3.14. The predicted molar refractivity (Wildman–Crippen MR) is 65.5 cm³/mol. The van der Waals surface area contributed by atoms with Gasteiger partial charge in [0.05, 0.1) is 22.7 Å². The lowest BCUT2D eigenvalue weighted by Crippen LogP contribution is -1.98. The van der Waals surface area contributed by atoms with Crippen molar-refractivity contribution in [3.05, 3.63) is 57.2 Å². The molecular formula is C11H6ClF2N3O2. The number of halogens is 3. The van der Waals surface area contributed by atoms with Crippen LogP contribution in [0.2, 0.25) is 5.15 Å². The highest BCUT2D eigenvalue weighted by Gasteiger charge is 2.12. The first-order valence-electron chi connectivity index (χ1n) is 5.00. The van der Waals surface area contributed by atoms with Crippen LogP contribution in [0.5, 0.6) is 0 Å². The number of benzene rings is 1. The lowest BCUT2D eigenvalue weighted by atomic mass is 10.3. The molecule has 0 aliphatic carbocycles. The average Bonchev–Trinajstić information content (AvgIpc) is 2.32. The van der Waals surface area contributed by atoms with Crippen molar-refractivity contribution in [2.45, 2.75) is 0 Å². The second-order valence-electron chi connectivity index (χ2n) is 3.54. The van der Waals surface area contributed by atoms with Crippen LogP contribution >= 0.6 is 11.6 Å². The van der Waals surface area contributed by atoms with Gasteiger partial charge in [-0.1, -0.05) is 11.6 Å². The van der Waals surface area contributed by atoms with Crippen LogP contribution < -0.4 is 5.32 Å². The number of hydrogen-bond donors (Lipinski definition) is 1. The molecule has 8 heteroatoms. The lowest BCUT2D eigenvalue weighted by molar-refractivity contribution is -0.384. The quantitative estimate of drug-likeness (QED) is 0.531. The van der Waals surface area contributed by atoms with Gasteiger partial charge < -0.3 is 5.32 Å². The minimum Gasteiger partial charge on any atom is -0.338 e. The summed E-state index contributed by atoms with van der Waals surface area (Å²) in [6.07, 6.45) is 0. The van der Waals surface area contributed by atoms with Crippen LogP contribution in [0.15, 0.2) is 30.3 Å². The van der Waals surface area contributed by atoms with Gasteiger partial charge in [0.1, 0.15) is 22.6 Å². The van der Waals surface area contributed by atoms with Crippen LogP contribution in [0.25, 0.3) is 0 Å². The monoisotopic (exact) mass is 285 g/mol. The van der Waals surface area contributed by atoms with Gasteiger partial charge in [-0.3, -0.25) is 10.1 Å². The van der Waals surface area contributed by atoms with Crippen LogP contribution in [-0.4, -0.2) is 9.91 Å². The molecule has 2 aromatic rings. The second kappa shape index (κ2) is 5.15. The van der Waals surface area contributed by atoms with Crippen molar-refractivity contribution >= 4 is 28.8 Å². The number of nitro groups is 1. The number of hydrogen-bond acceptors (Lipinski definition) is 4. The van der Waals surface area contributed by atoms with Crippen molar-refractivity contribution in [2.24, 2.45) is 0 Å². The molecule has 0 atom stereocenters. The maximum Gasteiger partial charge on any atom is 0.276 e. The van der Waals surface area contributed by atoms with E-state index in [2.05, 4.69) is 10.3 Å². The number of nitrogens with one attached hydrogen (secondary N) is 1. The van der Waals surface area contributed by atoms with E-state index in [1.165, 1.54) is 0 Å². The normalized spacial score (nSPS) is 10.3. The van der Waals surface area contributed by atoms with Crippen molar-refractivity contribution in [1.82, 2.24) is 4.98 Å². The molecule has 0 aliphatic rings. The van der Waals surface area contributed by atoms with E-state index in [9.17, 15) is 18.9 Å². The number of anilines is 2. The van der Waals surface area contributed by atoms with Gasteiger partial charge in [0, 0.05) is 6.07 Å². The van der Waals surface area contributed by atoms with Crippen LogP contribution in [0.4, 0.5) is 26.0 Å². The highest BCUT2D eigenvalue weighted by molar-refractivity contribution is 6.29. The van der Waals surface area contributed by atoms with E-state index in [1.807, 2.05) is 0 Å². The van der Waals surface area contributed by atoms with Gasteiger partial charge in [-0.2, -0.15) is 0 Å².